The molecule has 0 bridgehead atoms. The lowest BCUT2D eigenvalue weighted by atomic mass is 10.1. The van der Waals surface area contributed by atoms with Crippen LogP contribution in [-0.2, 0) is 6.54 Å². The predicted octanol–water partition coefficient (Wildman–Crippen LogP) is 5.41. The van der Waals surface area contributed by atoms with Crippen LogP contribution in [0, 0.1) is 6.92 Å². The first kappa shape index (κ1) is 16.1. The van der Waals surface area contributed by atoms with Gasteiger partial charge in [-0.05, 0) is 31.4 Å². The number of benzene rings is 1. The molecule has 0 unspecified atom stereocenters. The molecule has 1 N–H and O–H groups in total. The van der Waals surface area contributed by atoms with Gasteiger partial charge in [-0.3, -0.25) is 10.1 Å². The van der Waals surface area contributed by atoms with Crippen molar-refractivity contribution in [2.24, 2.45) is 0 Å². The van der Waals surface area contributed by atoms with Gasteiger partial charge >= 0.3 is 0 Å². The molecule has 0 aliphatic carbocycles. The largest absolute Gasteiger partial charge is 0.336 e. The highest BCUT2D eigenvalue weighted by Crippen LogP contribution is 2.28. The molecule has 3 heterocycles. The molecule has 0 fully saturated rings. The number of nitrogens with zero attached hydrogens (tertiary/aromatic N) is 2. The molecule has 0 aliphatic rings. The average molecular weight is 367 g/mol. The van der Waals surface area contributed by atoms with E-state index in [1.165, 1.54) is 16.9 Å². The van der Waals surface area contributed by atoms with E-state index in [9.17, 15) is 4.79 Å². The van der Waals surface area contributed by atoms with Crippen LogP contribution in [0.1, 0.15) is 23.0 Å². The summed E-state index contributed by atoms with van der Waals surface area (Å²) in [5.41, 5.74) is 4.94. The number of carbonyl (C=O) groups excluding carboxylic acids is 1. The zero-order valence-electron chi connectivity index (χ0n) is 13.9. The Kier molecular flexibility index (Phi) is 4.15. The molecule has 1 aromatic carbocycles. The molecule has 6 heteroatoms. The first-order valence-electron chi connectivity index (χ1n) is 8.06. The van der Waals surface area contributed by atoms with Gasteiger partial charge in [-0.1, -0.05) is 29.8 Å². The molecule has 0 radical (unpaired) electrons. The second-order valence-electron chi connectivity index (χ2n) is 5.80. The van der Waals surface area contributed by atoms with E-state index < -0.39 is 0 Å². The number of aryl methyl sites for hydroxylation is 2. The van der Waals surface area contributed by atoms with E-state index in [4.69, 9.17) is 0 Å². The summed E-state index contributed by atoms with van der Waals surface area (Å²) in [6.45, 7) is 4.87. The Morgan fingerprint density at radius 1 is 1.20 bits per heavy atom. The number of hydrogen-bond donors (Lipinski definition) is 1. The van der Waals surface area contributed by atoms with Gasteiger partial charge in [-0.25, -0.2) is 4.98 Å². The monoisotopic (exact) mass is 367 g/mol. The molecule has 1 amide bonds. The standard InChI is InChI=1S/C19H17N3OS2/c1-3-22-15-8-9-24-17(15)10-16(22)18(23)21-19-20-14(11-25-19)13-6-4-12(2)5-7-13/h4-11H,3H2,1-2H3,(H,20,21,23). The maximum atomic E-state index is 12.7. The van der Waals surface area contributed by atoms with Crippen LogP contribution in [0.15, 0.2) is 47.2 Å². The average Bonchev–Trinajstić information content (AvgIpc) is 3.30. The van der Waals surface area contributed by atoms with Gasteiger partial charge in [0.2, 0.25) is 0 Å². The van der Waals surface area contributed by atoms with E-state index >= 15 is 0 Å². The van der Waals surface area contributed by atoms with Crippen molar-refractivity contribution in [1.82, 2.24) is 9.55 Å². The van der Waals surface area contributed by atoms with Gasteiger partial charge in [0, 0.05) is 17.5 Å². The summed E-state index contributed by atoms with van der Waals surface area (Å²) in [6.07, 6.45) is 0. The highest BCUT2D eigenvalue weighted by atomic mass is 32.1. The van der Waals surface area contributed by atoms with E-state index in [2.05, 4.69) is 35.4 Å². The van der Waals surface area contributed by atoms with Gasteiger partial charge in [-0.15, -0.1) is 22.7 Å². The highest BCUT2D eigenvalue weighted by Gasteiger charge is 2.17. The fraction of sp³-hybridized carbons (Fsp3) is 0.158. The van der Waals surface area contributed by atoms with Crippen molar-refractivity contribution in [1.29, 1.82) is 0 Å². The molecule has 0 atom stereocenters. The Balaban J connectivity index is 1.58. The Bertz CT molecular complexity index is 1040. The van der Waals surface area contributed by atoms with E-state index in [0.29, 0.717) is 10.8 Å². The van der Waals surface area contributed by atoms with Crippen molar-refractivity contribution in [3.8, 4) is 11.3 Å². The molecular formula is C19H17N3OS2. The quantitative estimate of drug-likeness (QED) is 0.524. The zero-order valence-corrected chi connectivity index (χ0v) is 15.6. The van der Waals surface area contributed by atoms with Crippen molar-refractivity contribution in [3.63, 3.8) is 0 Å². The van der Waals surface area contributed by atoms with Gasteiger partial charge in [0.1, 0.15) is 5.69 Å². The van der Waals surface area contributed by atoms with Gasteiger partial charge in [0.15, 0.2) is 5.13 Å². The van der Waals surface area contributed by atoms with Crippen LogP contribution < -0.4 is 5.32 Å². The summed E-state index contributed by atoms with van der Waals surface area (Å²) in [6, 6.07) is 12.2. The number of anilines is 1. The molecule has 25 heavy (non-hydrogen) atoms. The first-order valence-corrected chi connectivity index (χ1v) is 9.82. The number of hydrogen-bond acceptors (Lipinski definition) is 4. The molecule has 4 rings (SSSR count). The van der Waals surface area contributed by atoms with Crippen LogP contribution in [-0.4, -0.2) is 15.5 Å². The van der Waals surface area contributed by atoms with Crippen LogP contribution in [0.2, 0.25) is 0 Å². The lowest BCUT2D eigenvalue weighted by Gasteiger charge is -2.06. The number of thiophene rings is 1. The van der Waals surface area contributed by atoms with Gasteiger partial charge < -0.3 is 4.57 Å². The fourth-order valence-electron chi connectivity index (χ4n) is 2.86. The molecule has 0 aliphatic heterocycles. The summed E-state index contributed by atoms with van der Waals surface area (Å²) < 4.78 is 3.17. The number of aromatic nitrogens is 2. The van der Waals surface area contributed by atoms with E-state index in [0.717, 1.165) is 28.0 Å². The molecule has 0 saturated carbocycles. The zero-order chi connectivity index (χ0) is 17.4. The maximum Gasteiger partial charge on any atom is 0.274 e. The van der Waals surface area contributed by atoms with Crippen LogP contribution in [0.4, 0.5) is 5.13 Å². The smallest absolute Gasteiger partial charge is 0.274 e. The second kappa shape index (κ2) is 6.46. The maximum absolute atomic E-state index is 12.7. The molecule has 0 spiro atoms. The Hall–Kier alpha value is -2.44. The van der Waals surface area contributed by atoms with Crippen molar-refractivity contribution in [3.05, 3.63) is 58.4 Å². The normalized spacial score (nSPS) is 11.1. The van der Waals surface area contributed by atoms with Gasteiger partial charge in [0.05, 0.1) is 15.9 Å². The Morgan fingerprint density at radius 2 is 2.00 bits per heavy atom. The number of amides is 1. The highest BCUT2D eigenvalue weighted by molar-refractivity contribution is 7.17. The lowest BCUT2D eigenvalue weighted by molar-refractivity contribution is 0.101. The molecule has 4 nitrogen and oxygen atoms in total. The summed E-state index contributed by atoms with van der Waals surface area (Å²) in [5, 5.41) is 7.57. The van der Waals surface area contributed by atoms with Crippen molar-refractivity contribution >= 4 is 43.9 Å². The van der Waals surface area contributed by atoms with Crippen molar-refractivity contribution < 1.29 is 4.79 Å². The van der Waals surface area contributed by atoms with Crippen LogP contribution in [0.25, 0.3) is 21.5 Å². The third-order valence-electron chi connectivity index (χ3n) is 4.14. The van der Waals surface area contributed by atoms with Crippen molar-refractivity contribution in [2.45, 2.75) is 20.4 Å². The summed E-state index contributed by atoms with van der Waals surface area (Å²) in [7, 11) is 0. The van der Waals surface area contributed by atoms with Crippen LogP contribution in [0.3, 0.4) is 0 Å². The van der Waals surface area contributed by atoms with Crippen LogP contribution in [0.5, 0.6) is 0 Å². The molecule has 3 aromatic heterocycles. The number of nitrogens with one attached hydrogen (secondary N) is 1. The summed E-state index contributed by atoms with van der Waals surface area (Å²) >= 11 is 3.09. The Labute approximate surface area is 153 Å². The lowest BCUT2D eigenvalue weighted by Crippen LogP contribution is -2.16. The fourth-order valence-corrected chi connectivity index (χ4v) is 4.39. The number of carbonyl (C=O) groups is 1. The predicted molar refractivity (Wildman–Crippen MR) is 106 cm³/mol. The van der Waals surface area contributed by atoms with E-state index in [1.54, 1.807) is 11.3 Å². The van der Waals surface area contributed by atoms with Crippen molar-refractivity contribution in [2.75, 3.05) is 5.32 Å². The summed E-state index contributed by atoms with van der Waals surface area (Å²) in [4.78, 5) is 17.2. The summed E-state index contributed by atoms with van der Waals surface area (Å²) in [5.74, 6) is -0.116. The minimum Gasteiger partial charge on any atom is -0.336 e. The molecule has 0 saturated heterocycles. The minimum absolute atomic E-state index is 0.116. The Morgan fingerprint density at radius 3 is 2.76 bits per heavy atom. The molecular weight excluding hydrogens is 350 g/mol. The number of rotatable bonds is 4. The van der Waals surface area contributed by atoms with Crippen LogP contribution >= 0.6 is 22.7 Å². The molecule has 4 aromatic rings. The number of thiazole rings is 1. The first-order chi connectivity index (χ1) is 12.2. The second-order valence-corrected chi connectivity index (χ2v) is 7.61. The van der Waals surface area contributed by atoms with Gasteiger partial charge in [0.25, 0.3) is 5.91 Å². The third-order valence-corrected chi connectivity index (χ3v) is 5.75. The van der Waals surface area contributed by atoms with Gasteiger partial charge in [-0.2, -0.15) is 0 Å². The van der Waals surface area contributed by atoms with E-state index in [1.807, 2.05) is 40.5 Å². The topological polar surface area (TPSA) is 46.9 Å². The number of fused-ring (bicyclic) bond motifs is 1. The van der Waals surface area contributed by atoms with E-state index in [-0.39, 0.29) is 5.91 Å². The SMILES string of the molecule is CCn1c(C(=O)Nc2nc(-c3ccc(C)cc3)cs2)cc2sccc21. The minimum atomic E-state index is -0.116. The third kappa shape index (κ3) is 2.99. The molecule has 126 valence electrons.